The highest BCUT2D eigenvalue weighted by Crippen LogP contribution is 2.14. The maximum atomic E-state index is 11.7. The second-order valence-corrected chi connectivity index (χ2v) is 4.02. The van der Waals surface area contributed by atoms with Crippen LogP contribution in [-0.2, 0) is 0 Å². The Kier molecular flexibility index (Phi) is 5.46. The average molecular weight is 266 g/mol. The highest BCUT2D eigenvalue weighted by molar-refractivity contribution is 5.90. The van der Waals surface area contributed by atoms with Gasteiger partial charge < -0.3 is 26.3 Å². The smallest absolute Gasteiger partial charge is 0.319 e. The largest absolute Gasteiger partial charge is 0.497 e. The topological polar surface area (TPSA) is 109 Å². The van der Waals surface area contributed by atoms with Crippen molar-refractivity contribution in [2.75, 3.05) is 12.4 Å². The number of carbonyl (C=O) groups is 1. The van der Waals surface area contributed by atoms with Crippen LogP contribution in [-0.4, -0.2) is 30.2 Å². The van der Waals surface area contributed by atoms with Gasteiger partial charge in [0.1, 0.15) is 11.6 Å². The van der Waals surface area contributed by atoms with Crippen molar-refractivity contribution >= 4 is 17.6 Å². The van der Waals surface area contributed by atoms with Gasteiger partial charge in [-0.15, -0.1) is 0 Å². The first kappa shape index (κ1) is 14.6. The maximum Gasteiger partial charge on any atom is 0.319 e. The molecule has 1 aromatic carbocycles. The Morgan fingerprint density at radius 3 is 2.63 bits per heavy atom. The molecule has 0 saturated carbocycles. The van der Waals surface area contributed by atoms with E-state index in [1.54, 1.807) is 38.3 Å². The highest BCUT2D eigenvalue weighted by atomic mass is 16.5. The molecule has 0 aliphatic carbocycles. The number of methoxy groups -OCH3 is 1. The SMILES string of the molecule is COc1ccc(NC(=O)NC(C)C/C(N)=N/O)cc1. The maximum absolute atomic E-state index is 11.7. The minimum atomic E-state index is -0.358. The first-order valence-electron chi connectivity index (χ1n) is 5.73. The molecule has 7 heteroatoms. The molecule has 0 bridgehead atoms. The van der Waals surface area contributed by atoms with Gasteiger partial charge in [-0.25, -0.2) is 4.79 Å². The van der Waals surface area contributed by atoms with Crippen molar-refractivity contribution in [3.8, 4) is 5.75 Å². The van der Waals surface area contributed by atoms with Crippen molar-refractivity contribution < 1.29 is 14.7 Å². The first-order chi connectivity index (χ1) is 9.05. The Morgan fingerprint density at radius 1 is 1.47 bits per heavy atom. The summed E-state index contributed by atoms with van der Waals surface area (Å²) in [6.45, 7) is 1.76. The van der Waals surface area contributed by atoms with E-state index in [-0.39, 0.29) is 24.3 Å². The Morgan fingerprint density at radius 2 is 2.11 bits per heavy atom. The first-order valence-corrected chi connectivity index (χ1v) is 5.73. The lowest BCUT2D eigenvalue weighted by molar-refractivity contribution is 0.249. The molecule has 0 aliphatic heterocycles. The zero-order chi connectivity index (χ0) is 14.3. The number of nitrogens with two attached hydrogens (primary N) is 1. The predicted molar refractivity (Wildman–Crippen MR) is 72.6 cm³/mol. The Bertz CT molecular complexity index is 445. The van der Waals surface area contributed by atoms with Crippen molar-refractivity contribution in [3.63, 3.8) is 0 Å². The van der Waals surface area contributed by atoms with Gasteiger partial charge in [-0.1, -0.05) is 5.16 Å². The minimum absolute atomic E-state index is 0.0669. The molecular weight excluding hydrogens is 248 g/mol. The second kappa shape index (κ2) is 7.10. The van der Waals surface area contributed by atoms with E-state index in [1.165, 1.54) is 0 Å². The van der Waals surface area contributed by atoms with Crippen LogP contribution >= 0.6 is 0 Å². The van der Waals surface area contributed by atoms with Crippen LogP contribution < -0.4 is 21.1 Å². The Balaban J connectivity index is 2.46. The summed E-state index contributed by atoms with van der Waals surface area (Å²) in [4.78, 5) is 11.7. The van der Waals surface area contributed by atoms with E-state index in [9.17, 15) is 4.79 Å². The molecule has 0 radical (unpaired) electrons. The molecule has 0 aliphatic rings. The van der Waals surface area contributed by atoms with Crippen LogP contribution in [0, 0.1) is 0 Å². The molecule has 2 amide bonds. The van der Waals surface area contributed by atoms with Crippen LogP contribution in [0.3, 0.4) is 0 Å². The molecule has 104 valence electrons. The second-order valence-electron chi connectivity index (χ2n) is 4.02. The minimum Gasteiger partial charge on any atom is -0.497 e. The van der Waals surface area contributed by atoms with Gasteiger partial charge in [0.25, 0.3) is 0 Å². The van der Waals surface area contributed by atoms with Crippen molar-refractivity contribution in [2.45, 2.75) is 19.4 Å². The Labute approximate surface area is 111 Å². The van der Waals surface area contributed by atoms with E-state index in [2.05, 4.69) is 15.8 Å². The average Bonchev–Trinajstić information content (AvgIpc) is 2.39. The van der Waals surface area contributed by atoms with Gasteiger partial charge in [0.2, 0.25) is 0 Å². The molecule has 7 nitrogen and oxygen atoms in total. The van der Waals surface area contributed by atoms with E-state index >= 15 is 0 Å². The van der Waals surface area contributed by atoms with Gasteiger partial charge in [-0.05, 0) is 31.2 Å². The van der Waals surface area contributed by atoms with Gasteiger partial charge in [-0.3, -0.25) is 0 Å². The molecule has 0 saturated heterocycles. The normalized spacial score (nSPS) is 12.6. The number of ether oxygens (including phenoxy) is 1. The van der Waals surface area contributed by atoms with E-state index in [4.69, 9.17) is 15.7 Å². The van der Waals surface area contributed by atoms with Crippen molar-refractivity contribution in [1.29, 1.82) is 0 Å². The molecule has 19 heavy (non-hydrogen) atoms. The molecule has 1 aromatic rings. The third-order valence-electron chi connectivity index (χ3n) is 2.37. The lowest BCUT2D eigenvalue weighted by Gasteiger charge is -2.14. The van der Waals surface area contributed by atoms with Crippen LogP contribution in [0.15, 0.2) is 29.4 Å². The summed E-state index contributed by atoms with van der Waals surface area (Å²) in [5.74, 6) is 0.781. The summed E-state index contributed by atoms with van der Waals surface area (Å²) < 4.78 is 5.02. The molecule has 5 N–H and O–H groups in total. The number of nitrogens with one attached hydrogen (secondary N) is 2. The van der Waals surface area contributed by atoms with E-state index in [0.717, 1.165) is 0 Å². The van der Waals surface area contributed by atoms with Crippen molar-refractivity contribution in [3.05, 3.63) is 24.3 Å². The lowest BCUT2D eigenvalue weighted by atomic mass is 10.2. The fourth-order valence-electron chi connectivity index (χ4n) is 1.47. The van der Waals surface area contributed by atoms with Gasteiger partial charge in [0.15, 0.2) is 0 Å². The third-order valence-corrected chi connectivity index (χ3v) is 2.37. The summed E-state index contributed by atoms with van der Waals surface area (Å²) in [6.07, 6.45) is 0.270. The number of anilines is 1. The zero-order valence-electron chi connectivity index (χ0n) is 10.9. The van der Waals surface area contributed by atoms with Gasteiger partial charge in [0.05, 0.1) is 7.11 Å². The summed E-state index contributed by atoms with van der Waals surface area (Å²) in [5, 5.41) is 16.6. The lowest BCUT2D eigenvalue weighted by Crippen LogP contribution is -2.38. The number of rotatable bonds is 5. The molecule has 1 rings (SSSR count). The zero-order valence-corrected chi connectivity index (χ0v) is 10.9. The van der Waals surface area contributed by atoms with Crippen molar-refractivity contribution in [2.24, 2.45) is 10.9 Å². The number of nitrogens with zero attached hydrogens (tertiary/aromatic N) is 1. The number of carbonyl (C=O) groups excluding carboxylic acids is 1. The number of amidine groups is 1. The predicted octanol–water partition coefficient (Wildman–Crippen LogP) is 1.34. The molecule has 1 atom stereocenters. The van der Waals surface area contributed by atoms with Crippen LogP contribution in [0.25, 0.3) is 0 Å². The molecule has 0 fully saturated rings. The number of hydrogen-bond donors (Lipinski definition) is 4. The molecular formula is C12H18N4O3. The summed E-state index contributed by atoms with van der Waals surface area (Å²) in [7, 11) is 1.57. The standard InChI is InChI=1S/C12H18N4O3/c1-8(7-11(13)16-18)14-12(17)15-9-3-5-10(19-2)6-4-9/h3-6,8,18H,7H2,1-2H3,(H2,13,16)(H2,14,15,17). The highest BCUT2D eigenvalue weighted by Gasteiger charge is 2.09. The summed E-state index contributed by atoms with van der Waals surface area (Å²) in [5.41, 5.74) is 6.00. The van der Waals surface area contributed by atoms with E-state index in [1.807, 2.05) is 0 Å². The monoisotopic (exact) mass is 266 g/mol. The molecule has 1 unspecified atom stereocenters. The number of hydrogen-bond acceptors (Lipinski definition) is 4. The third kappa shape index (κ3) is 5.15. The fourth-order valence-corrected chi connectivity index (χ4v) is 1.47. The number of oxime groups is 1. The molecule has 0 aromatic heterocycles. The summed E-state index contributed by atoms with van der Waals surface area (Å²) in [6, 6.07) is 6.35. The van der Waals surface area contributed by atoms with E-state index < -0.39 is 0 Å². The Hall–Kier alpha value is -2.44. The molecule has 0 spiro atoms. The van der Waals surface area contributed by atoms with Gasteiger partial charge >= 0.3 is 6.03 Å². The van der Waals surface area contributed by atoms with Crippen LogP contribution in [0.5, 0.6) is 5.75 Å². The molecule has 0 heterocycles. The van der Waals surface area contributed by atoms with Crippen LogP contribution in [0.2, 0.25) is 0 Å². The van der Waals surface area contributed by atoms with Crippen LogP contribution in [0.4, 0.5) is 10.5 Å². The number of urea groups is 1. The van der Waals surface area contributed by atoms with E-state index in [0.29, 0.717) is 11.4 Å². The summed E-state index contributed by atoms with van der Waals surface area (Å²) >= 11 is 0. The number of benzene rings is 1. The fraction of sp³-hybridized carbons (Fsp3) is 0.333. The van der Waals surface area contributed by atoms with Gasteiger partial charge in [-0.2, -0.15) is 0 Å². The number of amides is 2. The van der Waals surface area contributed by atoms with Crippen LogP contribution in [0.1, 0.15) is 13.3 Å². The van der Waals surface area contributed by atoms with Crippen molar-refractivity contribution in [1.82, 2.24) is 5.32 Å². The quantitative estimate of drug-likeness (QED) is 0.279. The van der Waals surface area contributed by atoms with Gasteiger partial charge in [0, 0.05) is 18.2 Å².